The molecule has 1 amide bonds. The minimum absolute atomic E-state index is 0.0940. The maximum absolute atomic E-state index is 11.5. The predicted octanol–water partition coefficient (Wildman–Crippen LogP) is 2.74. The van der Waals surface area contributed by atoms with Gasteiger partial charge in [0.15, 0.2) is 0 Å². The number of amides is 1. The van der Waals surface area contributed by atoms with E-state index >= 15 is 0 Å². The van der Waals surface area contributed by atoms with Crippen LogP contribution in [0.15, 0.2) is 30.3 Å². The Morgan fingerprint density at radius 2 is 1.76 bits per heavy atom. The van der Waals surface area contributed by atoms with Gasteiger partial charge in [0, 0.05) is 11.5 Å². The SMILES string of the molecule is NC(=O)C1CCC(Cc2ccccc2)(N2CCCC2)CC1. The minimum Gasteiger partial charge on any atom is -0.369 e. The average molecular weight is 286 g/mol. The molecule has 2 fully saturated rings. The summed E-state index contributed by atoms with van der Waals surface area (Å²) in [6.07, 6.45) is 7.87. The zero-order valence-corrected chi connectivity index (χ0v) is 12.8. The van der Waals surface area contributed by atoms with Crippen LogP contribution in [-0.2, 0) is 11.2 Å². The lowest BCUT2D eigenvalue weighted by Crippen LogP contribution is -2.52. The summed E-state index contributed by atoms with van der Waals surface area (Å²) < 4.78 is 0. The first-order chi connectivity index (χ1) is 10.2. The Hall–Kier alpha value is -1.35. The molecule has 1 heterocycles. The molecule has 21 heavy (non-hydrogen) atoms. The van der Waals surface area contributed by atoms with Crippen LogP contribution in [0.2, 0.25) is 0 Å². The monoisotopic (exact) mass is 286 g/mol. The fraction of sp³-hybridized carbons (Fsp3) is 0.611. The highest BCUT2D eigenvalue weighted by Gasteiger charge is 2.42. The van der Waals surface area contributed by atoms with Gasteiger partial charge in [0.25, 0.3) is 0 Å². The fourth-order valence-corrected chi connectivity index (χ4v) is 4.21. The summed E-state index contributed by atoms with van der Waals surface area (Å²) in [7, 11) is 0. The van der Waals surface area contributed by atoms with Gasteiger partial charge in [-0.05, 0) is 63.6 Å². The number of nitrogens with zero attached hydrogens (tertiary/aromatic N) is 1. The lowest BCUT2D eigenvalue weighted by Gasteiger charge is -2.46. The zero-order valence-electron chi connectivity index (χ0n) is 12.8. The van der Waals surface area contributed by atoms with Crippen molar-refractivity contribution in [3.05, 3.63) is 35.9 Å². The van der Waals surface area contributed by atoms with Crippen LogP contribution in [0.25, 0.3) is 0 Å². The average Bonchev–Trinajstić information content (AvgIpc) is 3.03. The van der Waals surface area contributed by atoms with Crippen LogP contribution in [0, 0.1) is 5.92 Å². The molecular formula is C18H26N2O. The van der Waals surface area contributed by atoms with Crippen LogP contribution in [0.5, 0.6) is 0 Å². The van der Waals surface area contributed by atoms with Crippen molar-refractivity contribution >= 4 is 5.91 Å². The van der Waals surface area contributed by atoms with Crippen molar-refractivity contribution in [1.82, 2.24) is 4.90 Å². The van der Waals surface area contributed by atoms with Crippen molar-refractivity contribution in [3.8, 4) is 0 Å². The number of benzene rings is 1. The number of nitrogens with two attached hydrogens (primary N) is 1. The summed E-state index contributed by atoms with van der Waals surface area (Å²) in [6.45, 7) is 2.43. The van der Waals surface area contributed by atoms with Gasteiger partial charge in [0.05, 0.1) is 0 Å². The van der Waals surface area contributed by atoms with Crippen molar-refractivity contribution in [2.24, 2.45) is 11.7 Å². The highest BCUT2D eigenvalue weighted by atomic mass is 16.1. The van der Waals surface area contributed by atoms with E-state index in [9.17, 15) is 4.79 Å². The van der Waals surface area contributed by atoms with Gasteiger partial charge in [0.1, 0.15) is 0 Å². The molecule has 0 unspecified atom stereocenters. The molecular weight excluding hydrogens is 260 g/mol. The summed E-state index contributed by atoms with van der Waals surface area (Å²) >= 11 is 0. The van der Waals surface area contributed by atoms with Gasteiger partial charge in [0.2, 0.25) is 5.91 Å². The Kier molecular flexibility index (Phi) is 4.29. The van der Waals surface area contributed by atoms with E-state index in [4.69, 9.17) is 5.73 Å². The molecule has 0 bridgehead atoms. The highest BCUT2D eigenvalue weighted by molar-refractivity contribution is 5.76. The van der Waals surface area contributed by atoms with E-state index in [0.29, 0.717) is 0 Å². The number of likely N-dealkylation sites (tertiary alicyclic amines) is 1. The molecule has 2 aliphatic rings. The van der Waals surface area contributed by atoms with Crippen LogP contribution >= 0.6 is 0 Å². The van der Waals surface area contributed by atoms with Crippen molar-refractivity contribution in [3.63, 3.8) is 0 Å². The van der Waals surface area contributed by atoms with Gasteiger partial charge in [-0.1, -0.05) is 30.3 Å². The molecule has 1 aliphatic heterocycles. The van der Waals surface area contributed by atoms with E-state index in [1.165, 1.54) is 31.5 Å². The molecule has 1 aromatic rings. The third-order valence-electron chi connectivity index (χ3n) is 5.47. The maximum Gasteiger partial charge on any atom is 0.220 e. The van der Waals surface area contributed by atoms with Crippen LogP contribution in [0.4, 0.5) is 0 Å². The summed E-state index contributed by atoms with van der Waals surface area (Å²) in [4.78, 5) is 14.1. The first kappa shape index (κ1) is 14.6. The molecule has 3 nitrogen and oxygen atoms in total. The van der Waals surface area contributed by atoms with Crippen LogP contribution in [0.1, 0.15) is 44.1 Å². The van der Waals surface area contributed by atoms with E-state index in [0.717, 1.165) is 32.1 Å². The molecule has 3 heteroatoms. The number of rotatable bonds is 4. The highest BCUT2D eigenvalue weighted by Crippen LogP contribution is 2.40. The second-order valence-electron chi connectivity index (χ2n) is 6.76. The van der Waals surface area contributed by atoms with Crippen molar-refractivity contribution in [2.45, 2.75) is 50.5 Å². The van der Waals surface area contributed by atoms with Gasteiger partial charge < -0.3 is 5.73 Å². The van der Waals surface area contributed by atoms with Crippen LogP contribution in [0.3, 0.4) is 0 Å². The molecule has 0 spiro atoms. The van der Waals surface area contributed by atoms with E-state index in [1.807, 2.05) is 0 Å². The van der Waals surface area contributed by atoms with E-state index in [2.05, 4.69) is 35.2 Å². The first-order valence-electron chi connectivity index (χ1n) is 8.28. The van der Waals surface area contributed by atoms with E-state index in [-0.39, 0.29) is 17.4 Å². The first-order valence-corrected chi connectivity index (χ1v) is 8.28. The van der Waals surface area contributed by atoms with Gasteiger partial charge in [-0.2, -0.15) is 0 Å². The second-order valence-corrected chi connectivity index (χ2v) is 6.76. The molecule has 3 rings (SSSR count). The molecule has 2 N–H and O–H groups in total. The third kappa shape index (κ3) is 3.13. The standard InChI is InChI=1S/C18H26N2O/c19-17(21)16-8-10-18(11-9-16,20-12-4-5-13-20)14-15-6-2-1-3-7-15/h1-3,6-7,16H,4-5,8-14H2,(H2,19,21). The lowest BCUT2D eigenvalue weighted by molar-refractivity contribution is -0.123. The lowest BCUT2D eigenvalue weighted by atomic mass is 9.72. The van der Waals surface area contributed by atoms with Gasteiger partial charge in [-0.25, -0.2) is 0 Å². The molecule has 114 valence electrons. The zero-order chi connectivity index (χ0) is 14.7. The van der Waals surface area contributed by atoms with Crippen molar-refractivity contribution in [1.29, 1.82) is 0 Å². The van der Waals surface area contributed by atoms with E-state index < -0.39 is 0 Å². The van der Waals surface area contributed by atoms with E-state index in [1.54, 1.807) is 0 Å². The Morgan fingerprint density at radius 3 is 2.33 bits per heavy atom. The molecule has 1 aromatic carbocycles. The molecule has 0 radical (unpaired) electrons. The summed E-state index contributed by atoms with van der Waals surface area (Å²) in [5.74, 6) is -0.0127. The van der Waals surface area contributed by atoms with Crippen molar-refractivity contribution < 1.29 is 4.79 Å². The molecule has 1 aliphatic carbocycles. The topological polar surface area (TPSA) is 46.3 Å². The van der Waals surface area contributed by atoms with Gasteiger partial charge >= 0.3 is 0 Å². The van der Waals surface area contributed by atoms with Crippen LogP contribution in [-0.4, -0.2) is 29.4 Å². The van der Waals surface area contributed by atoms with Crippen LogP contribution < -0.4 is 5.73 Å². The minimum atomic E-state index is -0.107. The molecule has 0 aromatic heterocycles. The molecule has 1 saturated heterocycles. The predicted molar refractivity (Wildman–Crippen MR) is 84.8 cm³/mol. The number of primary amides is 1. The number of hydrogen-bond acceptors (Lipinski definition) is 2. The van der Waals surface area contributed by atoms with Crippen molar-refractivity contribution in [2.75, 3.05) is 13.1 Å². The smallest absolute Gasteiger partial charge is 0.220 e. The molecule has 1 saturated carbocycles. The largest absolute Gasteiger partial charge is 0.369 e. The fourth-order valence-electron chi connectivity index (χ4n) is 4.21. The maximum atomic E-state index is 11.5. The number of carbonyl (C=O) groups is 1. The number of carbonyl (C=O) groups excluding carboxylic acids is 1. The second kappa shape index (κ2) is 6.18. The Balaban J connectivity index is 1.78. The Bertz CT molecular complexity index is 471. The summed E-state index contributed by atoms with van der Waals surface area (Å²) in [5.41, 5.74) is 7.18. The summed E-state index contributed by atoms with van der Waals surface area (Å²) in [6, 6.07) is 10.8. The quantitative estimate of drug-likeness (QED) is 0.925. The molecule has 0 atom stereocenters. The third-order valence-corrected chi connectivity index (χ3v) is 5.47. The van der Waals surface area contributed by atoms with Gasteiger partial charge in [-0.15, -0.1) is 0 Å². The number of hydrogen-bond donors (Lipinski definition) is 1. The Labute approximate surface area is 127 Å². The summed E-state index contributed by atoms with van der Waals surface area (Å²) in [5, 5.41) is 0. The van der Waals surface area contributed by atoms with Gasteiger partial charge in [-0.3, -0.25) is 9.69 Å². The Morgan fingerprint density at radius 1 is 1.14 bits per heavy atom. The normalized spacial score (nSPS) is 30.4.